The molecule has 2 aromatic rings. The number of carbonyl (C=O) groups is 1. The highest BCUT2D eigenvalue weighted by Gasteiger charge is 2.21. The lowest BCUT2D eigenvalue weighted by Gasteiger charge is -2.27. The van der Waals surface area contributed by atoms with Crippen molar-refractivity contribution in [2.75, 3.05) is 27.2 Å². The van der Waals surface area contributed by atoms with Gasteiger partial charge in [-0.15, -0.1) is 35.3 Å². The fraction of sp³-hybridized carbons (Fsp3) is 0.474. The quantitative estimate of drug-likeness (QED) is 0.390. The van der Waals surface area contributed by atoms with Crippen LogP contribution in [0.15, 0.2) is 34.8 Å². The molecule has 0 aliphatic carbocycles. The van der Waals surface area contributed by atoms with Crippen LogP contribution in [-0.4, -0.2) is 53.4 Å². The van der Waals surface area contributed by atoms with Crippen molar-refractivity contribution in [2.45, 2.75) is 25.9 Å². The number of rotatable bonds is 5. The highest BCUT2D eigenvalue weighted by atomic mass is 127. The average Bonchev–Trinajstić information content (AvgIpc) is 3.26. The summed E-state index contributed by atoms with van der Waals surface area (Å²) in [6.07, 6.45) is 3.50. The molecule has 0 fully saturated rings. The fourth-order valence-electron chi connectivity index (χ4n) is 3.26. The summed E-state index contributed by atoms with van der Waals surface area (Å²) in [6.45, 7) is 2.94. The van der Waals surface area contributed by atoms with Gasteiger partial charge in [-0.3, -0.25) is 9.79 Å². The Labute approximate surface area is 182 Å². The van der Waals surface area contributed by atoms with E-state index < -0.39 is 0 Å². The van der Waals surface area contributed by atoms with Gasteiger partial charge >= 0.3 is 0 Å². The van der Waals surface area contributed by atoms with Crippen LogP contribution in [0.3, 0.4) is 0 Å². The minimum absolute atomic E-state index is 0. The summed E-state index contributed by atoms with van der Waals surface area (Å²) >= 11 is 1.80. The molecular formula is C19H28IN5OS. The average molecular weight is 501 g/mol. The van der Waals surface area contributed by atoms with Gasteiger partial charge in [-0.25, -0.2) is 0 Å². The van der Waals surface area contributed by atoms with E-state index in [1.54, 1.807) is 18.4 Å². The van der Waals surface area contributed by atoms with Crippen molar-refractivity contribution in [2.24, 2.45) is 12.0 Å². The smallest absolute Gasteiger partial charge is 0.224 e. The Balaban J connectivity index is 0.00000261. The first-order valence-electron chi connectivity index (χ1n) is 8.93. The fourth-order valence-corrected chi connectivity index (χ4v) is 4.15. The van der Waals surface area contributed by atoms with E-state index in [9.17, 15) is 4.79 Å². The molecule has 0 aromatic carbocycles. The molecule has 1 aliphatic rings. The molecule has 148 valence electrons. The van der Waals surface area contributed by atoms with Crippen LogP contribution >= 0.6 is 35.3 Å². The second-order valence-electron chi connectivity index (χ2n) is 6.62. The predicted octanol–water partition coefficient (Wildman–Crippen LogP) is 2.69. The van der Waals surface area contributed by atoms with Crippen LogP contribution in [0.1, 0.15) is 22.6 Å². The number of halogens is 1. The van der Waals surface area contributed by atoms with Crippen LogP contribution in [0.2, 0.25) is 0 Å². The molecule has 27 heavy (non-hydrogen) atoms. The van der Waals surface area contributed by atoms with Crippen molar-refractivity contribution in [3.8, 4) is 0 Å². The van der Waals surface area contributed by atoms with Crippen LogP contribution in [0.4, 0.5) is 0 Å². The lowest BCUT2D eigenvalue weighted by atomic mass is 10.1. The number of nitrogens with one attached hydrogen (secondary N) is 1. The van der Waals surface area contributed by atoms with Gasteiger partial charge in [-0.1, -0.05) is 0 Å². The molecule has 0 radical (unpaired) electrons. The predicted molar refractivity (Wildman–Crippen MR) is 122 cm³/mol. The minimum Gasteiger partial charge on any atom is -0.356 e. The number of fused-ring (bicyclic) bond motifs is 1. The number of amides is 1. The molecule has 8 heteroatoms. The monoisotopic (exact) mass is 501 g/mol. The Kier molecular flexibility index (Phi) is 8.15. The number of hydrogen-bond donors (Lipinski definition) is 1. The van der Waals surface area contributed by atoms with E-state index in [4.69, 9.17) is 0 Å². The molecule has 0 unspecified atom stereocenters. The normalized spacial score (nSPS) is 13.7. The number of aryl methyl sites for hydroxylation is 1. The van der Waals surface area contributed by atoms with E-state index in [-0.39, 0.29) is 29.9 Å². The zero-order valence-corrected chi connectivity index (χ0v) is 19.3. The lowest BCUT2D eigenvalue weighted by Crippen LogP contribution is -2.41. The van der Waals surface area contributed by atoms with Gasteiger partial charge in [0.1, 0.15) is 0 Å². The second-order valence-corrected chi connectivity index (χ2v) is 7.63. The van der Waals surface area contributed by atoms with Gasteiger partial charge in [0.25, 0.3) is 0 Å². The van der Waals surface area contributed by atoms with Crippen molar-refractivity contribution < 1.29 is 4.79 Å². The van der Waals surface area contributed by atoms with E-state index in [0.29, 0.717) is 13.0 Å². The zero-order valence-electron chi connectivity index (χ0n) is 16.1. The molecule has 1 aliphatic heterocycles. The highest BCUT2D eigenvalue weighted by Crippen LogP contribution is 2.24. The maximum Gasteiger partial charge on any atom is 0.224 e. The van der Waals surface area contributed by atoms with Gasteiger partial charge in [-0.05, 0) is 35.6 Å². The molecule has 3 rings (SSSR count). The van der Waals surface area contributed by atoms with Crippen molar-refractivity contribution in [1.29, 1.82) is 0 Å². The van der Waals surface area contributed by atoms with E-state index in [1.165, 1.54) is 16.1 Å². The largest absolute Gasteiger partial charge is 0.356 e. The van der Waals surface area contributed by atoms with Gasteiger partial charge in [-0.2, -0.15) is 0 Å². The maximum atomic E-state index is 12.5. The van der Waals surface area contributed by atoms with Gasteiger partial charge in [0.15, 0.2) is 5.96 Å². The van der Waals surface area contributed by atoms with Crippen molar-refractivity contribution in [3.05, 3.63) is 45.9 Å². The minimum atomic E-state index is 0. The molecule has 0 saturated carbocycles. The summed E-state index contributed by atoms with van der Waals surface area (Å²) in [7, 11) is 5.82. The van der Waals surface area contributed by atoms with E-state index in [1.807, 2.05) is 31.3 Å². The first-order valence-corrected chi connectivity index (χ1v) is 9.81. The van der Waals surface area contributed by atoms with Crippen LogP contribution in [0.5, 0.6) is 0 Å². The molecule has 2 aromatic heterocycles. The number of thiophene rings is 1. The standard InChI is InChI=1S/C19H27N5OS.HI/c1-20-19(23(3)14-16-5-4-10-22(16)2)21-9-6-18(25)24-11-7-17-15(13-24)8-12-26-17;/h4-5,8,10,12H,6-7,9,11,13-14H2,1-3H3,(H,20,21);1H. The van der Waals surface area contributed by atoms with E-state index in [2.05, 4.69) is 37.3 Å². The Hall–Kier alpha value is -1.55. The first kappa shape index (κ1) is 21.7. The molecular weight excluding hydrogens is 473 g/mol. The zero-order chi connectivity index (χ0) is 18.5. The number of aromatic nitrogens is 1. The Morgan fingerprint density at radius 3 is 2.93 bits per heavy atom. The Morgan fingerprint density at radius 1 is 1.41 bits per heavy atom. The molecule has 1 amide bonds. The van der Waals surface area contributed by atoms with Gasteiger partial charge in [0.2, 0.25) is 5.91 Å². The summed E-state index contributed by atoms with van der Waals surface area (Å²) in [4.78, 5) is 22.3. The van der Waals surface area contributed by atoms with Crippen LogP contribution < -0.4 is 5.32 Å². The van der Waals surface area contributed by atoms with Gasteiger partial charge < -0.3 is 19.7 Å². The first-order chi connectivity index (χ1) is 12.6. The molecule has 3 heterocycles. The number of carbonyl (C=O) groups excluding carboxylic acids is 1. The number of nitrogens with zero attached hydrogens (tertiary/aromatic N) is 4. The molecule has 0 spiro atoms. The van der Waals surface area contributed by atoms with Crippen molar-refractivity contribution in [1.82, 2.24) is 19.7 Å². The third kappa shape index (κ3) is 5.47. The SMILES string of the molecule is CN=C(NCCC(=O)N1CCc2sccc2C1)N(C)Cc1cccn1C.I. The van der Waals surface area contributed by atoms with Crippen LogP contribution in [0.25, 0.3) is 0 Å². The topological polar surface area (TPSA) is 52.9 Å². The Bertz CT molecular complexity index is 785. The van der Waals surface area contributed by atoms with Crippen LogP contribution in [-0.2, 0) is 31.4 Å². The summed E-state index contributed by atoms with van der Waals surface area (Å²) in [5.41, 5.74) is 2.52. The molecule has 0 atom stereocenters. The van der Waals surface area contributed by atoms with Gasteiger partial charge in [0, 0.05) is 64.0 Å². The summed E-state index contributed by atoms with van der Waals surface area (Å²) < 4.78 is 2.10. The number of guanidine groups is 1. The van der Waals surface area contributed by atoms with Crippen LogP contribution in [0, 0.1) is 0 Å². The number of hydrogen-bond acceptors (Lipinski definition) is 3. The molecule has 1 N–H and O–H groups in total. The number of aliphatic imine (C=N–C) groups is 1. The third-order valence-electron chi connectivity index (χ3n) is 4.81. The van der Waals surface area contributed by atoms with E-state index >= 15 is 0 Å². The summed E-state index contributed by atoms with van der Waals surface area (Å²) in [5, 5.41) is 5.42. The van der Waals surface area contributed by atoms with Crippen molar-refractivity contribution >= 4 is 47.2 Å². The molecule has 0 saturated heterocycles. The summed E-state index contributed by atoms with van der Waals surface area (Å²) in [6, 6.07) is 6.27. The third-order valence-corrected chi connectivity index (χ3v) is 5.83. The lowest BCUT2D eigenvalue weighted by molar-refractivity contribution is -0.131. The molecule has 0 bridgehead atoms. The van der Waals surface area contributed by atoms with E-state index in [0.717, 1.165) is 32.0 Å². The summed E-state index contributed by atoms with van der Waals surface area (Å²) in [5.74, 6) is 1.01. The Morgan fingerprint density at radius 2 is 2.22 bits per heavy atom. The van der Waals surface area contributed by atoms with Gasteiger partial charge in [0.05, 0.1) is 6.54 Å². The second kappa shape index (κ2) is 10.1. The van der Waals surface area contributed by atoms with Crippen molar-refractivity contribution in [3.63, 3.8) is 0 Å². The molecule has 6 nitrogen and oxygen atoms in total. The highest BCUT2D eigenvalue weighted by molar-refractivity contribution is 14.0. The maximum absolute atomic E-state index is 12.5.